The van der Waals surface area contributed by atoms with Gasteiger partial charge in [0.15, 0.2) is 0 Å². The van der Waals surface area contributed by atoms with E-state index in [0.717, 1.165) is 0 Å². The number of halogens is 3. The maximum absolute atomic E-state index is 13.9. The molecule has 0 saturated carbocycles. The topological polar surface area (TPSA) is 47.9 Å². The highest BCUT2D eigenvalue weighted by atomic mass is 19.4. The summed E-state index contributed by atoms with van der Waals surface area (Å²) < 4.78 is 46.9. The molecule has 0 fully saturated rings. The number of methoxy groups -OCH3 is 1. The second-order valence-electron chi connectivity index (χ2n) is 5.57. The molecule has 0 bridgehead atoms. The van der Waals surface area contributed by atoms with Gasteiger partial charge in [-0.1, -0.05) is 47.6 Å². The number of benzene rings is 2. The van der Waals surface area contributed by atoms with Crippen molar-refractivity contribution < 1.29 is 27.5 Å². The molecule has 1 atom stereocenters. The Morgan fingerprint density at radius 2 is 1.84 bits per heavy atom. The molecule has 0 aromatic heterocycles. The zero-order valence-electron chi connectivity index (χ0n) is 13.2. The Hall–Kier alpha value is -2.83. The minimum absolute atomic E-state index is 0.0765. The Morgan fingerprint density at radius 3 is 2.44 bits per heavy atom. The maximum atomic E-state index is 13.9. The molecule has 0 amide bonds. The summed E-state index contributed by atoms with van der Waals surface area (Å²) in [5, 5.41) is 3.69. The summed E-state index contributed by atoms with van der Waals surface area (Å²) in [7, 11) is 1.30. The largest absolute Gasteiger partial charge is 0.496 e. The van der Waals surface area contributed by atoms with Gasteiger partial charge in [0.05, 0.1) is 19.2 Å². The van der Waals surface area contributed by atoms with Crippen LogP contribution in [0, 0.1) is 0 Å². The fourth-order valence-corrected chi connectivity index (χ4v) is 2.77. The van der Waals surface area contributed by atoms with Gasteiger partial charge in [-0.3, -0.25) is 4.79 Å². The minimum Gasteiger partial charge on any atom is -0.496 e. The number of oxime groups is 1. The predicted molar refractivity (Wildman–Crippen MR) is 84.8 cm³/mol. The average Bonchev–Trinajstić information content (AvgIpc) is 3.08. The van der Waals surface area contributed by atoms with Crippen molar-refractivity contribution in [1.82, 2.24) is 0 Å². The summed E-state index contributed by atoms with van der Waals surface area (Å²) in [4.78, 5) is 15.7. The van der Waals surface area contributed by atoms with Crippen LogP contribution < -0.4 is 4.74 Å². The van der Waals surface area contributed by atoms with Crippen molar-refractivity contribution in [1.29, 1.82) is 0 Å². The first-order chi connectivity index (χ1) is 11.9. The molecule has 3 rings (SSSR count). The van der Waals surface area contributed by atoms with Gasteiger partial charge in [0.1, 0.15) is 12.0 Å². The first-order valence-corrected chi connectivity index (χ1v) is 7.42. The number of alkyl halides is 3. The summed E-state index contributed by atoms with van der Waals surface area (Å²) in [5.41, 5.74) is -1.70. The van der Waals surface area contributed by atoms with Crippen LogP contribution in [0.3, 0.4) is 0 Å². The van der Waals surface area contributed by atoms with Crippen LogP contribution in [-0.2, 0) is 10.4 Å². The van der Waals surface area contributed by atoms with Crippen LogP contribution in [0.5, 0.6) is 5.75 Å². The Bertz CT molecular complexity index is 815. The molecule has 130 valence electrons. The monoisotopic (exact) mass is 349 g/mol. The fourth-order valence-electron chi connectivity index (χ4n) is 2.77. The molecule has 2 aromatic rings. The summed E-state index contributed by atoms with van der Waals surface area (Å²) >= 11 is 0. The van der Waals surface area contributed by atoms with Gasteiger partial charge in [-0.15, -0.1) is 0 Å². The number of nitrogens with zero attached hydrogens (tertiary/aromatic N) is 1. The summed E-state index contributed by atoms with van der Waals surface area (Å²) in [5.74, 6) is 0.0765. The van der Waals surface area contributed by atoms with Crippen LogP contribution in [0.2, 0.25) is 0 Å². The minimum atomic E-state index is -4.70. The lowest BCUT2D eigenvalue weighted by Gasteiger charge is -2.30. The number of hydrogen-bond acceptors (Lipinski definition) is 4. The molecule has 0 spiro atoms. The van der Waals surface area contributed by atoms with Gasteiger partial charge in [-0.25, -0.2) is 0 Å². The maximum Gasteiger partial charge on any atom is 0.435 e. The standard InChI is InChI=1S/C18H14F3NO3/c1-24-16-5-3-2-4-14(16)17(18(19,20)21)10-15(22-25-17)13-8-6-12(11-23)7-9-13/h2-9,11H,10H2,1H3. The lowest BCUT2D eigenvalue weighted by Crippen LogP contribution is -2.43. The lowest BCUT2D eigenvalue weighted by molar-refractivity contribution is -0.276. The second-order valence-corrected chi connectivity index (χ2v) is 5.57. The van der Waals surface area contributed by atoms with Crippen LogP contribution in [0.4, 0.5) is 13.2 Å². The molecule has 0 radical (unpaired) electrons. The van der Waals surface area contributed by atoms with E-state index in [4.69, 9.17) is 9.57 Å². The van der Waals surface area contributed by atoms with E-state index >= 15 is 0 Å². The molecule has 2 aromatic carbocycles. The van der Waals surface area contributed by atoms with E-state index in [1.54, 1.807) is 18.2 Å². The third kappa shape index (κ3) is 2.86. The zero-order chi connectivity index (χ0) is 18.1. The quantitative estimate of drug-likeness (QED) is 0.781. The van der Waals surface area contributed by atoms with Gasteiger partial charge in [0, 0.05) is 11.1 Å². The van der Waals surface area contributed by atoms with Crippen LogP contribution in [0.15, 0.2) is 53.7 Å². The van der Waals surface area contributed by atoms with Crippen LogP contribution in [0.25, 0.3) is 0 Å². The molecule has 25 heavy (non-hydrogen) atoms. The third-order valence-electron chi connectivity index (χ3n) is 4.11. The van der Waals surface area contributed by atoms with Gasteiger partial charge in [0.2, 0.25) is 0 Å². The Balaban J connectivity index is 2.02. The molecule has 1 aliphatic rings. The first-order valence-electron chi connectivity index (χ1n) is 7.42. The Kier molecular flexibility index (Phi) is 4.24. The van der Waals surface area contributed by atoms with Crippen molar-refractivity contribution in [2.24, 2.45) is 5.16 Å². The highest BCUT2D eigenvalue weighted by molar-refractivity contribution is 6.02. The van der Waals surface area contributed by atoms with E-state index in [9.17, 15) is 18.0 Å². The molecule has 4 nitrogen and oxygen atoms in total. The number of rotatable bonds is 4. The van der Waals surface area contributed by atoms with E-state index in [1.807, 2.05) is 0 Å². The van der Waals surface area contributed by atoms with Gasteiger partial charge >= 0.3 is 6.18 Å². The Morgan fingerprint density at radius 1 is 1.16 bits per heavy atom. The van der Waals surface area contributed by atoms with Crippen molar-refractivity contribution in [2.45, 2.75) is 18.2 Å². The third-order valence-corrected chi connectivity index (χ3v) is 4.11. The number of para-hydroxylation sites is 1. The molecule has 0 aliphatic carbocycles. The van der Waals surface area contributed by atoms with Crippen LogP contribution in [-0.4, -0.2) is 25.3 Å². The molecule has 0 N–H and O–H groups in total. The van der Waals surface area contributed by atoms with Gasteiger partial charge in [-0.05, 0) is 11.6 Å². The van der Waals surface area contributed by atoms with Crippen molar-refractivity contribution in [3.8, 4) is 5.75 Å². The van der Waals surface area contributed by atoms with Crippen molar-refractivity contribution >= 4 is 12.0 Å². The van der Waals surface area contributed by atoms with Gasteiger partial charge < -0.3 is 9.57 Å². The highest BCUT2D eigenvalue weighted by Crippen LogP contribution is 2.51. The molecule has 7 heteroatoms. The van der Waals surface area contributed by atoms with Crippen LogP contribution in [0.1, 0.15) is 27.9 Å². The molecule has 0 saturated heterocycles. The molecular formula is C18H14F3NO3. The summed E-state index contributed by atoms with van der Waals surface area (Å²) in [6, 6.07) is 12.0. The predicted octanol–water partition coefficient (Wildman–Crippen LogP) is 4.09. The van der Waals surface area contributed by atoms with E-state index in [2.05, 4.69) is 5.16 Å². The van der Waals surface area contributed by atoms with E-state index < -0.39 is 18.2 Å². The highest BCUT2D eigenvalue weighted by Gasteiger charge is 2.63. The SMILES string of the molecule is COc1ccccc1C1(C(F)(F)F)CC(c2ccc(C=O)cc2)=NO1. The van der Waals surface area contributed by atoms with E-state index in [1.165, 1.54) is 37.4 Å². The van der Waals surface area contributed by atoms with Crippen molar-refractivity contribution in [3.05, 3.63) is 65.2 Å². The van der Waals surface area contributed by atoms with Gasteiger partial charge in [0.25, 0.3) is 5.60 Å². The smallest absolute Gasteiger partial charge is 0.435 e. The fraction of sp³-hybridized carbons (Fsp3) is 0.222. The summed E-state index contributed by atoms with van der Waals surface area (Å²) in [6.45, 7) is 0. The molecule has 1 heterocycles. The van der Waals surface area contributed by atoms with Crippen molar-refractivity contribution in [2.75, 3.05) is 7.11 Å². The Labute approximate surface area is 141 Å². The van der Waals surface area contributed by atoms with Gasteiger partial charge in [-0.2, -0.15) is 13.2 Å². The number of hydrogen-bond donors (Lipinski definition) is 0. The number of carbonyl (C=O) groups excluding carboxylic acids is 1. The van der Waals surface area contributed by atoms with Crippen LogP contribution >= 0.6 is 0 Å². The zero-order valence-corrected chi connectivity index (χ0v) is 13.2. The number of aldehydes is 1. The molecule has 1 unspecified atom stereocenters. The summed E-state index contributed by atoms with van der Waals surface area (Å²) in [6.07, 6.45) is -4.53. The average molecular weight is 349 g/mol. The lowest BCUT2D eigenvalue weighted by atomic mass is 9.86. The molecular weight excluding hydrogens is 335 g/mol. The van der Waals surface area contributed by atoms with E-state index in [-0.39, 0.29) is 17.0 Å². The first kappa shape index (κ1) is 17.0. The van der Waals surface area contributed by atoms with E-state index in [0.29, 0.717) is 17.4 Å². The second kappa shape index (κ2) is 6.23. The molecule has 1 aliphatic heterocycles. The normalized spacial score (nSPS) is 19.9. The number of carbonyl (C=O) groups is 1. The number of ether oxygens (including phenoxy) is 1. The van der Waals surface area contributed by atoms with Crippen molar-refractivity contribution in [3.63, 3.8) is 0 Å².